The van der Waals surface area contributed by atoms with Crippen LogP contribution in [0.25, 0.3) is 16.5 Å². The third-order valence-electron chi connectivity index (χ3n) is 4.90. The van der Waals surface area contributed by atoms with Crippen LogP contribution < -0.4 is 9.47 Å². The highest BCUT2D eigenvalue weighted by Crippen LogP contribution is 2.25. The second-order valence-electron chi connectivity index (χ2n) is 6.74. The van der Waals surface area contributed by atoms with Gasteiger partial charge in [-0.25, -0.2) is 4.68 Å². The molecule has 1 aromatic heterocycles. The maximum atomic E-state index is 6.47. The van der Waals surface area contributed by atoms with E-state index in [1.165, 1.54) is 5.39 Å². The lowest BCUT2D eigenvalue weighted by atomic mass is 10.1. The van der Waals surface area contributed by atoms with Crippen molar-refractivity contribution in [1.29, 1.82) is 0 Å². The van der Waals surface area contributed by atoms with Crippen molar-refractivity contribution < 1.29 is 18.9 Å². The molecule has 0 bridgehead atoms. The Morgan fingerprint density at radius 3 is 2.59 bits per heavy atom. The topological polar surface area (TPSA) is 69.0 Å². The van der Waals surface area contributed by atoms with Crippen LogP contribution in [0.2, 0.25) is 0 Å². The average Bonchev–Trinajstić information content (AvgIpc) is 3.15. The molecule has 7 nitrogen and oxygen atoms in total. The van der Waals surface area contributed by atoms with Gasteiger partial charge in [0.15, 0.2) is 0 Å². The molecule has 0 amide bonds. The van der Waals surface area contributed by atoms with Crippen molar-refractivity contribution in [3.8, 4) is 17.3 Å². The number of nitrogens with zero attached hydrogens (tertiary/aromatic N) is 3. The van der Waals surface area contributed by atoms with Crippen LogP contribution in [0, 0.1) is 6.92 Å². The van der Waals surface area contributed by atoms with Crippen molar-refractivity contribution in [2.45, 2.75) is 6.92 Å². The third kappa shape index (κ3) is 5.39. The number of halogens is 1. The van der Waals surface area contributed by atoms with Crippen LogP contribution in [0.5, 0.6) is 11.6 Å². The number of methoxy groups -OCH3 is 1. The van der Waals surface area contributed by atoms with Crippen molar-refractivity contribution in [2.24, 2.45) is 0 Å². The van der Waals surface area contributed by atoms with E-state index in [0.29, 0.717) is 12.5 Å². The van der Waals surface area contributed by atoms with Gasteiger partial charge < -0.3 is 14.2 Å². The van der Waals surface area contributed by atoms with Gasteiger partial charge in [-0.2, -0.15) is 0 Å². The summed E-state index contributed by atoms with van der Waals surface area (Å²) in [6.45, 7) is 7.11. The first-order chi connectivity index (χ1) is 14.2. The predicted octanol–water partition coefficient (Wildman–Crippen LogP) is 3.19. The molecule has 0 aliphatic carbocycles. The Labute approximate surface area is 175 Å². The van der Waals surface area contributed by atoms with E-state index in [-0.39, 0.29) is 0 Å². The van der Waals surface area contributed by atoms with Gasteiger partial charge >= 0.3 is 0 Å². The van der Waals surface area contributed by atoms with Crippen molar-refractivity contribution in [3.05, 3.63) is 48.2 Å². The van der Waals surface area contributed by atoms with Gasteiger partial charge in [0.2, 0.25) is 5.88 Å². The second kappa shape index (κ2) is 10.5. The Hall–Kier alpha value is -2.32. The van der Waals surface area contributed by atoms with Crippen LogP contribution in [0.15, 0.2) is 42.5 Å². The molecule has 29 heavy (non-hydrogen) atoms. The molecule has 3 aromatic rings. The number of ether oxygens (including phenoxy) is 3. The molecule has 1 fully saturated rings. The highest BCUT2D eigenvalue weighted by atomic mass is 35.5. The fourth-order valence-corrected chi connectivity index (χ4v) is 3.35. The summed E-state index contributed by atoms with van der Waals surface area (Å²) in [5.74, 6) is 1.51. The minimum atomic E-state index is 0.630. The maximum Gasteiger partial charge on any atom is 0.233 e. The fraction of sp³-hybridized carbons (Fsp3) is 0.381. The summed E-state index contributed by atoms with van der Waals surface area (Å²) < 4.78 is 25.0. The molecule has 1 N–H and O–H groups in total. The molecule has 0 saturated carbocycles. The van der Waals surface area contributed by atoms with Gasteiger partial charge in [0, 0.05) is 31.4 Å². The van der Waals surface area contributed by atoms with E-state index in [2.05, 4.69) is 46.1 Å². The highest BCUT2D eigenvalue weighted by molar-refractivity contribution is 6.04. The van der Waals surface area contributed by atoms with Gasteiger partial charge in [0.1, 0.15) is 12.4 Å². The minimum absolute atomic E-state index is 0.630. The first-order valence-corrected chi connectivity index (χ1v) is 9.81. The van der Waals surface area contributed by atoms with Crippen LogP contribution >= 0.6 is 11.9 Å². The van der Waals surface area contributed by atoms with Crippen molar-refractivity contribution in [2.75, 3.05) is 46.6 Å². The Morgan fingerprint density at radius 1 is 1.07 bits per heavy atom. The van der Waals surface area contributed by atoms with Crippen LogP contribution in [-0.4, -0.2) is 65.9 Å². The largest absolute Gasteiger partial charge is 0.497 e. The van der Waals surface area contributed by atoms with Gasteiger partial charge in [0.05, 0.1) is 37.9 Å². The zero-order valence-corrected chi connectivity index (χ0v) is 17.4. The number of hydrogen-bond acceptors (Lipinski definition) is 6. The van der Waals surface area contributed by atoms with Crippen molar-refractivity contribution >= 4 is 22.6 Å². The fourth-order valence-electron chi connectivity index (χ4n) is 3.35. The molecule has 1 saturated heterocycles. The second-order valence-corrected chi connectivity index (χ2v) is 6.74. The lowest BCUT2D eigenvalue weighted by Gasteiger charge is -2.26. The Bertz CT molecular complexity index is 925. The SMILES string of the molecule is COc1ccc2ccc(-n3nc(OCCN4CCOCC4)cc3C)cc2c1.OCl. The zero-order chi connectivity index (χ0) is 20.6. The normalized spacial score (nSPS) is 14.3. The Kier molecular flexibility index (Phi) is 7.71. The lowest BCUT2D eigenvalue weighted by molar-refractivity contribution is 0.0320. The molecule has 1 aliphatic heterocycles. The average molecular weight is 420 g/mol. The highest BCUT2D eigenvalue weighted by Gasteiger charge is 2.12. The van der Waals surface area contributed by atoms with Crippen molar-refractivity contribution in [3.63, 3.8) is 0 Å². The summed E-state index contributed by atoms with van der Waals surface area (Å²) in [5.41, 5.74) is 2.05. The monoisotopic (exact) mass is 419 g/mol. The maximum absolute atomic E-state index is 6.47. The molecule has 0 atom stereocenters. The first-order valence-electron chi connectivity index (χ1n) is 9.47. The number of rotatable bonds is 6. The molecule has 2 aromatic carbocycles. The van der Waals surface area contributed by atoms with Crippen LogP contribution in [0.1, 0.15) is 5.69 Å². The smallest absolute Gasteiger partial charge is 0.233 e. The summed E-state index contributed by atoms with van der Waals surface area (Å²) in [4.78, 5) is 2.35. The van der Waals surface area contributed by atoms with E-state index in [4.69, 9.17) is 18.9 Å². The van der Waals surface area contributed by atoms with Gasteiger partial charge in [0.25, 0.3) is 0 Å². The van der Waals surface area contributed by atoms with E-state index >= 15 is 0 Å². The van der Waals surface area contributed by atoms with E-state index < -0.39 is 0 Å². The number of fused-ring (bicyclic) bond motifs is 1. The molecule has 4 rings (SSSR count). The quantitative estimate of drug-likeness (QED) is 0.661. The summed E-state index contributed by atoms with van der Waals surface area (Å²) in [6.07, 6.45) is 0. The molecular formula is C21H26ClN3O4. The molecule has 1 aliphatic rings. The van der Waals surface area contributed by atoms with E-state index in [0.717, 1.165) is 55.4 Å². The molecule has 2 heterocycles. The van der Waals surface area contributed by atoms with E-state index in [1.54, 1.807) is 7.11 Å². The van der Waals surface area contributed by atoms with Gasteiger partial charge in [-0.1, -0.05) is 12.1 Å². The van der Waals surface area contributed by atoms with Crippen molar-refractivity contribution in [1.82, 2.24) is 14.7 Å². The standard InChI is InChI=1S/C21H25N3O3.ClHO/c1-16-13-21(27-12-9-23-7-10-26-11-8-23)22-24(16)19-5-3-17-4-6-20(25-2)15-18(17)14-19;1-2/h3-6,13-15H,7-12H2,1-2H3;2H. The van der Waals surface area contributed by atoms with Gasteiger partial charge in [-0.3, -0.25) is 9.56 Å². The van der Waals surface area contributed by atoms with Crippen LogP contribution in [0.4, 0.5) is 0 Å². The van der Waals surface area contributed by atoms with E-state index in [9.17, 15) is 0 Å². The molecule has 8 heteroatoms. The molecular weight excluding hydrogens is 394 g/mol. The minimum Gasteiger partial charge on any atom is -0.497 e. The molecule has 0 radical (unpaired) electrons. The predicted molar refractivity (Wildman–Crippen MR) is 113 cm³/mol. The third-order valence-corrected chi connectivity index (χ3v) is 4.90. The lowest BCUT2D eigenvalue weighted by Crippen LogP contribution is -2.38. The van der Waals surface area contributed by atoms with Crippen LogP contribution in [0.3, 0.4) is 0 Å². The summed E-state index contributed by atoms with van der Waals surface area (Å²) in [7, 11) is 1.68. The molecule has 0 unspecified atom stereocenters. The van der Waals surface area contributed by atoms with Gasteiger partial charge in [-0.05, 0) is 42.0 Å². The number of aryl methyl sites for hydroxylation is 1. The number of aromatic nitrogens is 2. The van der Waals surface area contributed by atoms with Gasteiger partial charge in [-0.15, -0.1) is 5.10 Å². The number of hydrogen-bond donors (Lipinski definition) is 1. The van der Waals surface area contributed by atoms with Crippen LogP contribution in [-0.2, 0) is 4.74 Å². The Balaban J connectivity index is 0.00000117. The Morgan fingerprint density at radius 2 is 1.83 bits per heavy atom. The number of benzene rings is 2. The summed E-state index contributed by atoms with van der Waals surface area (Å²) >= 11 is 3.64. The molecule has 156 valence electrons. The first kappa shape index (κ1) is 21.4. The van der Waals surface area contributed by atoms with E-state index in [1.807, 2.05) is 29.8 Å². The summed E-state index contributed by atoms with van der Waals surface area (Å²) in [6, 6.07) is 14.4. The molecule has 0 spiro atoms. The zero-order valence-electron chi connectivity index (χ0n) is 16.7. The summed E-state index contributed by atoms with van der Waals surface area (Å²) in [5, 5.41) is 6.93. The number of morpholine rings is 1.